The summed E-state index contributed by atoms with van der Waals surface area (Å²) in [6.45, 7) is 3.74. The lowest BCUT2D eigenvalue weighted by Gasteiger charge is -2.05. The van der Waals surface area contributed by atoms with Gasteiger partial charge in [0.25, 0.3) is 0 Å². The van der Waals surface area contributed by atoms with Gasteiger partial charge < -0.3 is 15.2 Å². The number of aromatic nitrogens is 1. The minimum absolute atomic E-state index is 0.133. The molecule has 0 aliphatic rings. The fraction of sp³-hybridized carbons (Fsp3) is 0.667. The van der Waals surface area contributed by atoms with Crippen LogP contribution in [0, 0.1) is 0 Å². The van der Waals surface area contributed by atoms with E-state index in [-0.39, 0.29) is 6.04 Å². The molecule has 0 bridgehead atoms. The molecule has 1 unspecified atom stereocenters. The smallest absolute Gasteiger partial charge is 0.119 e. The van der Waals surface area contributed by atoms with Gasteiger partial charge in [0.05, 0.1) is 24.9 Å². The number of nitrogens with zero attached hydrogens (tertiary/aromatic N) is 1. The molecule has 0 radical (unpaired) electrons. The first-order valence-corrected chi connectivity index (χ1v) is 5.42. The van der Waals surface area contributed by atoms with Gasteiger partial charge in [0.15, 0.2) is 0 Å². The van der Waals surface area contributed by atoms with Crippen molar-refractivity contribution in [2.45, 2.75) is 19.6 Å². The average molecular weight is 216 g/mol. The molecule has 1 heterocycles. The molecule has 0 saturated heterocycles. The Labute approximate surface area is 88.0 Å². The van der Waals surface area contributed by atoms with Gasteiger partial charge in [-0.1, -0.05) is 0 Å². The van der Waals surface area contributed by atoms with Gasteiger partial charge in [-0.05, 0) is 6.92 Å². The van der Waals surface area contributed by atoms with Crippen LogP contribution in [-0.4, -0.2) is 25.3 Å². The van der Waals surface area contributed by atoms with E-state index in [4.69, 9.17) is 15.2 Å². The summed E-state index contributed by atoms with van der Waals surface area (Å²) >= 11 is 1.57. The van der Waals surface area contributed by atoms with Crippen molar-refractivity contribution in [3.63, 3.8) is 0 Å². The van der Waals surface area contributed by atoms with Crippen LogP contribution < -0.4 is 5.73 Å². The molecular weight excluding hydrogens is 200 g/mol. The van der Waals surface area contributed by atoms with Gasteiger partial charge >= 0.3 is 0 Å². The van der Waals surface area contributed by atoms with E-state index in [0.717, 1.165) is 10.7 Å². The first-order chi connectivity index (χ1) is 6.77. The maximum absolute atomic E-state index is 5.83. The van der Waals surface area contributed by atoms with Crippen LogP contribution in [0.15, 0.2) is 5.38 Å². The second-order valence-electron chi connectivity index (χ2n) is 2.87. The lowest BCUT2D eigenvalue weighted by Crippen LogP contribution is -2.16. The molecule has 1 aromatic heterocycles. The topological polar surface area (TPSA) is 57.4 Å². The molecule has 1 atom stereocenters. The van der Waals surface area contributed by atoms with E-state index in [1.54, 1.807) is 18.4 Å². The molecule has 0 aliphatic heterocycles. The largest absolute Gasteiger partial charge is 0.383 e. The first-order valence-electron chi connectivity index (χ1n) is 4.54. The molecule has 0 aliphatic carbocycles. The fourth-order valence-corrected chi connectivity index (χ4v) is 1.81. The van der Waals surface area contributed by atoms with E-state index < -0.39 is 0 Å². The lowest BCUT2D eigenvalue weighted by molar-refractivity contribution is 0.133. The SMILES string of the molecule is CCOCc1nc(C(N)COC)cs1. The van der Waals surface area contributed by atoms with Crippen LogP contribution in [0.3, 0.4) is 0 Å². The fourth-order valence-electron chi connectivity index (χ4n) is 1.02. The highest BCUT2D eigenvalue weighted by Crippen LogP contribution is 2.16. The molecule has 0 saturated carbocycles. The summed E-state index contributed by atoms with van der Waals surface area (Å²) < 4.78 is 10.2. The third-order valence-corrected chi connectivity index (χ3v) is 2.57. The summed E-state index contributed by atoms with van der Waals surface area (Å²) in [5.74, 6) is 0. The van der Waals surface area contributed by atoms with E-state index in [1.165, 1.54) is 0 Å². The number of hydrogen-bond acceptors (Lipinski definition) is 5. The number of methoxy groups -OCH3 is 1. The Kier molecular flexibility index (Phi) is 5.03. The number of rotatable bonds is 6. The van der Waals surface area contributed by atoms with Crippen LogP contribution in [0.25, 0.3) is 0 Å². The Balaban J connectivity index is 2.49. The van der Waals surface area contributed by atoms with Crippen molar-refractivity contribution in [1.82, 2.24) is 4.98 Å². The average Bonchev–Trinajstić information content (AvgIpc) is 2.63. The molecular formula is C9H16N2O2S. The zero-order valence-electron chi connectivity index (χ0n) is 8.53. The second-order valence-corrected chi connectivity index (χ2v) is 3.81. The minimum atomic E-state index is -0.133. The number of hydrogen-bond donors (Lipinski definition) is 1. The lowest BCUT2D eigenvalue weighted by atomic mass is 10.3. The van der Waals surface area contributed by atoms with E-state index in [9.17, 15) is 0 Å². The quantitative estimate of drug-likeness (QED) is 0.779. The van der Waals surface area contributed by atoms with Crippen LogP contribution >= 0.6 is 11.3 Å². The van der Waals surface area contributed by atoms with Crippen molar-refractivity contribution in [2.24, 2.45) is 5.73 Å². The molecule has 1 aromatic rings. The molecule has 5 heteroatoms. The van der Waals surface area contributed by atoms with Crippen molar-refractivity contribution >= 4 is 11.3 Å². The van der Waals surface area contributed by atoms with Gasteiger partial charge in [-0.3, -0.25) is 0 Å². The molecule has 4 nitrogen and oxygen atoms in total. The molecule has 0 aromatic carbocycles. The van der Waals surface area contributed by atoms with Gasteiger partial charge in [0.2, 0.25) is 0 Å². The molecule has 1 rings (SSSR count). The summed E-state index contributed by atoms with van der Waals surface area (Å²) in [6, 6.07) is -0.133. The van der Waals surface area contributed by atoms with Crippen molar-refractivity contribution in [3.8, 4) is 0 Å². The molecule has 0 amide bonds. The van der Waals surface area contributed by atoms with Crippen LogP contribution in [0.1, 0.15) is 23.7 Å². The van der Waals surface area contributed by atoms with Crippen LogP contribution in [0.5, 0.6) is 0 Å². The summed E-state index contributed by atoms with van der Waals surface area (Å²) in [4.78, 5) is 4.35. The van der Waals surface area contributed by atoms with Crippen molar-refractivity contribution in [2.75, 3.05) is 20.3 Å². The Morgan fingerprint density at radius 3 is 3.07 bits per heavy atom. The third-order valence-electron chi connectivity index (χ3n) is 1.73. The van der Waals surface area contributed by atoms with Gasteiger partial charge in [-0.15, -0.1) is 11.3 Å². The summed E-state index contributed by atoms with van der Waals surface area (Å²) in [6.07, 6.45) is 0. The number of nitrogens with two attached hydrogens (primary N) is 1. The van der Waals surface area contributed by atoms with Crippen molar-refractivity contribution < 1.29 is 9.47 Å². The molecule has 0 fully saturated rings. The minimum Gasteiger partial charge on any atom is -0.383 e. The van der Waals surface area contributed by atoms with Crippen LogP contribution in [0.2, 0.25) is 0 Å². The summed E-state index contributed by atoms with van der Waals surface area (Å²) in [5, 5.41) is 2.92. The van der Waals surface area contributed by atoms with Crippen molar-refractivity contribution in [1.29, 1.82) is 0 Å². The molecule has 2 N–H and O–H groups in total. The molecule has 14 heavy (non-hydrogen) atoms. The maximum atomic E-state index is 5.83. The number of thiazole rings is 1. The van der Waals surface area contributed by atoms with Gasteiger partial charge in [0, 0.05) is 19.1 Å². The number of ether oxygens (including phenoxy) is 2. The van der Waals surface area contributed by atoms with Gasteiger partial charge in [-0.2, -0.15) is 0 Å². The zero-order chi connectivity index (χ0) is 10.4. The predicted molar refractivity (Wildman–Crippen MR) is 56.2 cm³/mol. The molecule has 0 spiro atoms. The highest BCUT2D eigenvalue weighted by Gasteiger charge is 2.09. The second kappa shape index (κ2) is 6.08. The van der Waals surface area contributed by atoms with E-state index in [1.807, 2.05) is 12.3 Å². The Morgan fingerprint density at radius 1 is 1.64 bits per heavy atom. The van der Waals surface area contributed by atoms with E-state index >= 15 is 0 Å². The van der Waals surface area contributed by atoms with Gasteiger partial charge in [-0.25, -0.2) is 4.98 Å². The first kappa shape index (κ1) is 11.6. The predicted octanol–water partition coefficient (Wildman–Crippen LogP) is 1.33. The summed E-state index contributed by atoms with van der Waals surface area (Å²) in [7, 11) is 1.63. The Hall–Kier alpha value is -0.490. The van der Waals surface area contributed by atoms with Crippen LogP contribution in [-0.2, 0) is 16.1 Å². The monoisotopic (exact) mass is 216 g/mol. The Bertz CT molecular complexity index is 265. The highest BCUT2D eigenvalue weighted by atomic mass is 32.1. The molecule has 80 valence electrons. The van der Waals surface area contributed by atoms with Gasteiger partial charge in [0.1, 0.15) is 5.01 Å². The summed E-state index contributed by atoms with van der Waals surface area (Å²) in [5.41, 5.74) is 6.71. The van der Waals surface area contributed by atoms with E-state index in [0.29, 0.717) is 19.8 Å². The zero-order valence-corrected chi connectivity index (χ0v) is 9.34. The Morgan fingerprint density at radius 2 is 2.43 bits per heavy atom. The van der Waals surface area contributed by atoms with Crippen molar-refractivity contribution in [3.05, 3.63) is 16.1 Å². The maximum Gasteiger partial charge on any atom is 0.119 e. The van der Waals surface area contributed by atoms with Crippen LogP contribution in [0.4, 0.5) is 0 Å². The normalized spacial score (nSPS) is 13.1. The highest BCUT2D eigenvalue weighted by molar-refractivity contribution is 7.09. The standard InChI is InChI=1S/C9H16N2O2S/c1-3-13-5-9-11-8(6-14-9)7(10)4-12-2/h6-7H,3-5,10H2,1-2H3. The van der Waals surface area contributed by atoms with E-state index in [2.05, 4.69) is 4.98 Å². The third kappa shape index (κ3) is 3.34.